The molecule has 0 radical (unpaired) electrons. The lowest BCUT2D eigenvalue weighted by Crippen LogP contribution is -2.07. The largest absolute Gasteiger partial charge is 0.356 e. The number of nitrogens with one attached hydrogen (secondary N) is 2. The fourth-order valence-corrected chi connectivity index (χ4v) is 2.47. The quantitative estimate of drug-likeness (QED) is 0.369. The minimum Gasteiger partial charge on any atom is -0.356 e. The summed E-state index contributed by atoms with van der Waals surface area (Å²) >= 11 is 0. The van der Waals surface area contributed by atoms with E-state index in [9.17, 15) is 14.9 Å². The molecule has 0 saturated heterocycles. The molecule has 0 heterocycles. The van der Waals surface area contributed by atoms with Gasteiger partial charge in [-0.05, 0) is 48.5 Å². The number of carbonyl (C=O) groups is 1. The Morgan fingerprint density at radius 1 is 0.815 bits per heavy atom. The van der Waals surface area contributed by atoms with Crippen LogP contribution in [0.1, 0.15) is 5.56 Å². The maximum Gasteiger partial charge on any atom is 0.276 e. The molecule has 1 amide bonds. The first-order chi connectivity index (χ1) is 13.1. The van der Waals surface area contributed by atoms with Gasteiger partial charge >= 0.3 is 0 Å². The summed E-state index contributed by atoms with van der Waals surface area (Å²) in [6.45, 7) is 0. The van der Waals surface area contributed by atoms with E-state index in [2.05, 4.69) is 10.6 Å². The van der Waals surface area contributed by atoms with Gasteiger partial charge < -0.3 is 10.6 Å². The van der Waals surface area contributed by atoms with E-state index in [4.69, 9.17) is 0 Å². The third-order valence-corrected chi connectivity index (χ3v) is 3.76. The van der Waals surface area contributed by atoms with Gasteiger partial charge in [-0.1, -0.05) is 30.3 Å². The molecule has 0 fully saturated rings. The van der Waals surface area contributed by atoms with E-state index in [1.54, 1.807) is 30.3 Å². The summed E-state index contributed by atoms with van der Waals surface area (Å²) in [7, 11) is 0. The Kier molecular flexibility index (Phi) is 5.59. The van der Waals surface area contributed by atoms with Crippen molar-refractivity contribution in [3.05, 3.63) is 101 Å². The fraction of sp³-hybridized carbons (Fsp3) is 0. The van der Waals surface area contributed by atoms with Crippen LogP contribution >= 0.6 is 0 Å². The van der Waals surface area contributed by atoms with E-state index in [0.717, 1.165) is 11.4 Å². The van der Waals surface area contributed by atoms with Crippen molar-refractivity contribution in [2.45, 2.75) is 0 Å². The normalized spacial score (nSPS) is 10.5. The lowest BCUT2D eigenvalue weighted by molar-refractivity contribution is -0.385. The summed E-state index contributed by atoms with van der Waals surface area (Å²) in [5, 5.41) is 17.0. The molecule has 27 heavy (non-hydrogen) atoms. The first-order valence-electron chi connectivity index (χ1n) is 8.26. The molecule has 0 aliphatic carbocycles. The van der Waals surface area contributed by atoms with Crippen molar-refractivity contribution in [1.82, 2.24) is 0 Å². The Balaban J connectivity index is 1.62. The molecule has 0 atom stereocenters. The molecular formula is C21H17N3O3. The maximum atomic E-state index is 12.1. The molecule has 3 rings (SSSR count). The highest BCUT2D eigenvalue weighted by atomic mass is 16.6. The summed E-state index contributed by atoms with van der Waals surface area (Å²) in [5.41, 5.74) is 2.83. The third-order valence-electron chi connectivity index (χ3n) is 3.76. The number of benzene rings is 3. The fourth-order valence-electron chi connectivity index (χ4n) is 2.47. The van der Waals surface area contributed by atoms with Crippen LogP contribution in [0.4, 0.5) is 22.7 Å². The predicted octanol–water partition coefficient (Wildman–Crippen LogP) is 4.99. The van der Waals surface area contributed by atoms with Gasteiger partial charge in [-0.3, -0.25) is 14.9 Å². The van der Waals surface area contributed by atoms with Gasteiger partial charge in [0, 0.05) is 29.2 Å². The van der Waals surface area contributed by atoms with Crippen LogP contribution in [0, 0.1) is 10.1 Å². The number of rotatable bonds is 6. The average molecular weight is 359 g/mol. The second-order valence-corrected chi connectivity index (χ2v) is 5.71. The maximum absolute atomic E-state index is 12.1. The minimum absolute atomic E-state index is 0.0436. The number of nitro benzene ring substituents is 1. The van der Waals surface area contributed by atoms with Crippen molar-refractivity contribution >= 4 is 34.7 Å². The second-order valence-electron chi connectivity index (χ2n) is 5.71. The number of para-hydroxylation sites is 2. The Morgan fingerprint density at radius 2 is 1.41 bits per heavy atom. The zero-order valence-corrected chi connectivity index (χ0v) is 14.3. The van der Waals surface area contributed by atoms with Gasteiger partial charge in [-0.15, -0.1) is 0 Å². The second kappa shape index (κ2) is 8.44. The van der Waals surface area contributed by atoms with E-state index in [-0.39, 0.29) is 11.6 Å². The number of hydrogen-bond donors (Lipinski definition) is 2. The van der Waals surface area contributed by atoms with Crippen molar-refractivity contribution in [3.8, 4) is 0 Å². The van der Waals surface area contributed by atoms with Crippen LogP contribution in [0.15, 0.2) is 84.9 Å². The average Bonchev–Trinajstić information content (AvgIpc) is 2.69. The van der Waals surface area contributed by atoms with Crippen molar-refractivity contribution in [3.63, 3.8) is 0 Å². The van der Waals surface area contributed by atoms with Crippen molar-refractivity contribution in [2.75, 3.05) is 10.6 Å². The molecule has 0 aromatic heterocycles. The first-order valence-corrected chi connectivity index (χ1v) is 8.26. The van der Waals surface area contributed by atoms with Crippen molar-refractivity contribution in [2.24, 2.45) is 0 Å². The van der Waals surface area contributed by atoms with Gasteiger partial charge in [0.25, 0.3) is 5.69 Å². The molecule has 2 N–H and O–H groups in total. The summed E-state index contributed by atoms with van der Waals surface area (Å²) in [6.07, 6.45) is 2.71. The molecule has 0 spiro atoms. The van der Waals surface area contributed by atoms with Crippen LogP contribution < -0.4 is 10.6 Å². The van der Waals surface area contributed by atoms with Gasteiger partial charge in [0.05, 0.1) is 10.5 Å². The Morgan fingerprint density at radius 3 is 2.11 bits per heavy atom. The first kappa shape index (κ1) is 17.9. The monoisotopic (exact) mass is 359 g/mol. The topological polar surface area (TPSA) is 84.3 Å². The molecule has 0 aliphatic heterocycles. The summed E-state index contributed by atoms with van der Waals surface area (Å²) in [6, 6.07) is 23.3. The third kappa shape index (κ3) is 5.02. The Labute approximate surface area is 156 Å². The lowest BCUT2D eigenvalue weighted by atomic mass is 10.1. The number of nitro groups is 1. The van der Waals surface area contributed by atoms with Gasteiger partial charge in [-0.2, -0.15) is 0 Å². The number of anilines is 3. The molecule has 3 aromatic rings. The smallest absolute Gasteiger partial charge is 0.276 e. The molecule has 0 unspecified atom stereocenters. The minimum atomic E-state index is -0.476. The number of hydrogen-bond acceptors (Lipinski definition) is 4. The van der Waals surface area contributed by atoms with Crippen LogP contribution in [0.3, 0.4) is 0 Å². The number of amides is 1. The van der Waals surface area contributed by atoms with Gasteiger partial charge in [0.15, 0.2) is 0 Å². The van der Waals surface area contributed by atoms with Crippen LogP contribution in [0.2, 0.25) is 0 Å². The molecule has 6 heteroatoms. The van der Waals surface area contributed by atoms with Crippen LogP contribution in [0.5, 0.6) is 0 Å². The van der Waals surface area contributed by atoms with Crippen LogP contribution in [-0.2, 0) is 4.79 Å². The molecule has 3 aromatic carbocycles. The summed E-state index contributed by atoms with van der Waals surface area (Å²) < 4.78 is 0. The van der Waals surface area contributed by atoms with Crippen molar-refractivity contribution in [1.29, 1.82) is 0 Å². The molecule has 6 nitrogen and oxygen atoms in total. The highest BCUT2D eigenvalue weighted by molar-refractivity contribution is 6.02. The summed E-state index contributed by atoms with van der Waals surface area (Å²) in [5.74, 6) is -0.364. The highest BCUT2D eigenvalue weighted by Crippen LogP contribution is 2.20. The van der Waals surface area contributed by atoms with Gasteiger partial charge in [0.2, 0.25) is 5.91 Å². The van der Waals surface area contributed by atoms with Gasteiger partial charge in [0.1, 0.15) is 0 Å². The van der Waals surface area contributed by atoms with E-state index < -0.39 is 4.92 Å². The number of carbonyl (C=O) groups excluding carboxylic acids is 1. The van der Waals surface area contributed by atoms with E-state index in [1.807, 2.05) is 42.5 Å². The molecule has 134 valence electrons. The highest BCUT2D eigenvalue weighted by Gasteiger charge is 2.09. The molecule has 0 bridgehead atoms. The van der Waals surface area contributed by atoms with E-state index in [0.29, 0.717) is 11.3 Å². The lowest BCUT2D eigenvalue weighted by Gasteiger charge is -2.07. The standard InChI is InChI=1S/C21H17N3O3/c25-21(15-10-16-6-4-5-9-20(16)24(26)27)23-19-13-11-18(12-14-19)22-17-7-2-1-3-8-17/h1-15,22H,(H,23,25). The number of nitrogens with zero attached hydrogens (tertiary/aromatic N) is 1. The van der Waals surface area contributed by atoms with Gasteiger partial charge in [-0.25, -0.2) is 0 Å². The van der Waals surface area contributed by atoms with Crippen LogP contribution in [0.25, 0.3) is 6.08 Å². The molecule has 0 saturated carbocycles. The molecule has 0 aliphatic rings. The zero-order chi connectivity index (χ0) is 19.1. The Hall–Kier alpha value is -3.93. The van der Waals surface area contributed by atoms with Crippen molar-refractivity contribution < 1.29 is 9.72 Å². The SMILES string of the molecule is O=C(C=Cc1ccccc1[N+](=O)[O-])Nc1ccc(Nc2ccccc2)cc1. The predicted molar refractivity (Wildman–Crippen MR) is 107 cm³/mol. The Bertz CT molecular complexity index is 967. The zero-order valence-electron chi connectivity index (χ0n) is 14.3. The van der Waals surface area contributed by atoms with E-state index >= 15 is 0 Å². The van der Waals surface area contributed by atoms with Crippen LogP contribution in [-0.4, -0.2) is 10.8 Å². The summed E-state index contributed by atoms with van der Waals surface area (Å²) in [4.78, 5) is 22.6. The molecular weight excluding hydrogens is 342 g/mol. The van der Waals surface area contributed by atoms with E-state index in [1.165, 1.54) is 18.2 Å².